The average Bonchev–Trinajstić information content (AvgIpc) is 2.88. The molecular formula is C22H35N3O. The van der Waals surface area contributed by atoms with Gasteiger partial charge in [0.05, 0.1) is 25.3 Å². The Balaban J connectivity index is 1.87. The second kappa shape index (κ2) is 9.01. The zero-order valence-corrected chi connectivity index (χ0v) is 16.7. The lowest BCUT2D eigenvalue weighted by molar-refractivity contribution is 0.00248. The van der Waals surface area contributed by atoms with E-state index in [2.05, 4.69) is 49.0 Å². The SMILES string of the molecule is C=C1CCC(C(/C=C(/N=C(C)\C=C/C)N2C3CCC2COC3)NC)CC1. The van der Waals surface area contributed by atoms with E-state index >= 15 is 0 Å². The molecule has 26 heavy (non-hydrogen) atoms. The summed E-state index contributed by atoms with van der Waals surface area (Å²) in [6.45, 7) is 9.97. The number of hydrogen-bond acceptors (Lipinski definition) is 4. The van der Waals surface area contributed by atoms with Crippen LogP contribution >= 0.6 is 0 Å². The Morgan fingerprint density at radius 3 is 2.46 bits per heavy atom. The van der Waals surface area contributed by atoms with Gasteiger partial charge in [0.2, 0.25) is 0 Å². The van der Waals surface area contributed by atoms with Crippen LogP contribution in [0.3, 0.4) is 0 Å². The third-order valence-corrected chi connectivity index (χ3v) is 6.11. The van der Waals surface area contributed by atoms with Crippen molar-refractivity contribution in [1.82, 2.24) is 10.2 Å². The van der Waals surface area contributed by atoms with Crippen LogP contribution in [0.15, 0.2) is 41.2 Å². The van der Waals surface area contributed by atoms with Crippen molar-refractivity contribution >= 4 is 5.71 Å². The van der Waals surface area contributed by atoms with Gasteiger partial charge >= 0.3 is 0 Å². The van der Waals surface area contributed by atoms with Gasteiger partial charge in [0.15, 0.2) is 0 Å². The van der Waals surface area contributed by atoms with Crippen molar-refractivity contribution in [2.75, 3.05) is 20.3 Å². The highest BCUT2D eigenvalue weighted by Crippen LogP contribution is 2.35. The van der Waals surface area contributed by atoms with Crippen molar-refractivity contribution in [2.24, 2.45) is 10.9 Å². The summed E-state index contributed by atoms with van der Waals surface area (Å²) in [7, 11) is 2.08. The molecular weight excluding hydrogens is 322 g/mol. The van der Waals surface area contributed by atoms with Gasteiger partial charge in [-0.3, -0.25) is 0 Å². The Hall–Kier alpha value is -1.39. The summed E-state index contributed by atoms with van der Waals surface area (Å²) in [5, 5.41) is 3.56. The largest absolute Gasteiger partial charge is 0.377 e. The number of allylic oxidation sites excluding steroid dienone is 3. The van der Waals surface area contributed by atoms with Gasteiger partial charge in [-0.15, -0.1) is 0 Å². The lowest BCUT2D eigenvalue weighted by atomic mass is 9.82. The molecule has 3 fully saturated rings. The third-order valence-electron chi connectivity index (χ3n) is 6.11. The number of rotatable bonds is 6. The van der Waals surface area contributed by atoms with Crippen molar-refractivity contribution < 1.29 is 4.74 Å². The molecule has 0 aromatic carbocycles. The molecule has 4 heteroatoms. The molecule has 3 aliphatic rings. The summed E-state index contributed by atoms with van der Waals surface area (Å²) in [6.07, 6.45) is 13.8. The number of fused-ring (bicyclic) bond motifs is 2. The number of morpholine rings is 1. The van der Waals surface area contributed by atoms with Crippen molar-refractivity contribution in [1.29, 1.82) is 0 Å². The summed E-state index contributed by atoms with van der Waals surface area (Å²) >= 11 is 0. The standard InChI is InChI=1S/C22H35N3O/c1-5-6-17(3)24-22(25-19-11-12-20(25)15-26-14-19)13-21(23-4)18-9-7-16(2)8-10-18/h5-6,13,18-21,23H,2,7-12,14-15H2,1,3-4H3/b6-5-,22-13-,24-17-. The van der Waals surface area contributed by atoms with E-state index in [4.69, 9.17) is 9.73 Å². The zero-order chi connectivity index (χ0) is 18.5. The van der Waals surface area contributed by atoms with Gasteiger partial charge in [0.25, 0.3) is 0 Å². The molecule has 0 aromatic heterocycles. The smallest absolute Gasteiger partial charge is 0.126 e. The molecule has 2 saturated heterocycles. The third kappa shape index (κ3) is 4.47. The van der Waals surface area contributed by atoms with Gasteiger partial charge in [-0.2, -0.15) is 0 Å². The molecule has 2 bridgehead atoms. The molecule has 4 nitrogen and oxygen atoms in total. The number of ether oxygens (including phenoxy) is 1. The quantitative estimate of drug-likeness (QED) is 0.575. The minimum atomic E-state index is 0.363. The Kier molecular flexibility index (Phi) is 6.71. The van der Waals surface area contributed by atoms with Crippen LogP contribution < -0.4 is 5.32 Å². The van der Waals surface area contributed by atoms with Gasteiger partial charge in [-0.05, 0) is 77.5 Å². The highest BCUT2D eigenvalue weighted by Gasteiger charge is 2.39. The van der Waals surface area contributed by atoms with Crippen molar-refractivity contribution in [3.63, 3.8) is 0 Å². The second-order valence-electron chi connectivity index (χ2n) is 8.01. The van der Waals surface area contributed by atoms with Gasteiger partial charge in [0, 0.05) is 11.8 Å². The minimum Gasteiger partial charge on any atom is -0.377 e. The molecule has 0 radical (unpaired) electrons. The number of aliphatic imine (C=N–C) groups is 1. The van der Waals surface area contributed by atoms with E-state index < -0.39 is 0 Å². The lowest BCUT2D eigenvalue weighted by Crippen LogP contribution is -2.45. The molecule has 1 N–H and O–H groups in total. The Morgan fingerprint density at radius 2 is 1.88 bits per heavy atom. The highest BCUT2D eigenvalue weighted by molar-refractivity contribution is 5.93. The molecule has 3 unspecified atom stereocenters. The molecule has 1 saturated carbocycles. The Labute approximate surface area is 159 Å². The van der Waals surface area contributed by atoms with Crippen LogP contribution in [0.25, 0.3) is 0 Å². The van der Waals surface area contributed by atoms with Crippen molar-refractivity contribution in [3.8, 4) is 0 Å². The summed E-state index contributed by atoms with van der Waals surface area (Å²) < 4.78 is 5.79. The number of hydrogen-bond donors (Lipinski definition) is 1. The van der Waals surface area contributed by atoms with Crippen LogP contribution in [-0.2, 0) is 4.74 Å². The molecule has 144 valence electrons. The van der Waals surface area contributed by atoms with Crippen LogP contribution in [-0.4, -0.2) is 49.0 Å². The fourth-order valence-corrected chi connectivity index (χ4v) is 4.67. The summed E-state index contributed by atoms with van der Waals surface area (Å²) in [4.78, 5) is 7.58. The number of nitrogens with one attached hydrogen (secondary N) is 1. The number of nitrogens with zero attached hydrogens (tertiary/aromatic N) is 2. The highest BCUT2D eigenvalue weighted by atomic mass is 16.5. The van der Waals surface area contributed by atoms with Gasteiger partial charge in [-0.1, -0.05) is 18.2 Å². The fourth-order valence-electron chi connectivity index (χ4n) is 4.67. The molecule has 3 atom stereocenters. The van der Waals surface area contributed by atoms with Gasteiger partial charge in [-0.25, -0.2) is 4.99 Å². The van der Waals surface area contributed by atoms with Gasteiger partial charge in [0.1, 0.15) is 5.82 Å². The molecule has 2 heterocycles. The Morgan fingerprint density at radius 1 is 1.23 bits per heavy atom. The Bertz CT molecular complexity index is 566. The summed E-state index contributed by atoms with van der Waals surface area (Å²) in [5.41, 5.74) is 2.48. The molecule has 2 aliphatic heterocycles. The van der Waals surface area contributed by atoms with E-state index in [-0.39, 0.29) is 0 Å². The molecule has 0 amide bonds. The first-order chi connectivity index (χ1) is 12.6. The van der Waals surface area contributed by atoms with E-state index in [9.17, 15) is 0 Å². The van der Waals surface area contributed by atoms with E-state index in [1.165, 1.54) is 31.3 Å². The van der Waals surface area contributed by atoms with Gasteiger partial charge < -0.3 is 15.0 Å². The first-order valence-corrected chi connectivity index (χ1v) is 10.2. The lowest BCUT2D eigenvalue weighted by Gasteiger charge is -2.38. The topological polar surface area (TPSA) is 36.9 Å². The second-order valence-corrected chi connectivity index (χ2v) is 8.01. The van der Waals surface area contributed by atoms with E-state index in [0.29, 0.717) is 24.0 Å². The zero-order valence-electron chi connectivity index (χ0n) is 16.7. The molecule has 3 rings (SSSR count). The van der Waals surface area contributed by atoms with E-state index in [1.807, 2.05) is 6.92 Å². The van der Waals surface area contributed by atoms with E-state index in [1.54, 1.807) is 0 Å². The van der Waals surface area contributed by atoms with Crippen LogP contribution in [0, 0.1) is 5.92 Å². The predicted octanol–water partition coefficient (Wildman–Crippen LogP) is 4.06. The van der Waals surface area contributed by atoms with Crippen LogP contribution in [0.1, 0.15) is 52.4 Å². The fraction of sp³-hybridized carbons (Fsp3) is 0.682. The van der Waals surface area contributed by atoms with Crippen LogP contribution in [0.4, 0.5) is 0 Å². The molecule has 0 spiro atoms. The van der Waals surface area contributed by atoms with Crippen molar-refractivity contribution in [2.45, 2.75) is 70.5 Å². The maximum absolute atomic E-state index is 5.79. The summed E-state index contributed by atoms with van der Waals surface area (Å²) in [6, 6.07) is 1.32. The normalized spacial score (nSPS) is 29.7. The molecule has 1 aliphatic carbocycles. The average molecular weight is 358 g/mol. The molecule has 0 aromatic rings. The van der Waals surface area contributed by atoms with Crippen molar-refractivity contribution in [3.05, 3.63) is 36.2 Å². The monoisotopic (exact) mass is 357 g/mol. The maximum atomic E-state index is 5.79. The first kappa shape index (κ1) is 19.4. The minimum absolute atomic E-state index is 0.363. The summed E-state index contributed by atoms with van der Waals surface area (Å²) in [5.74, 6) is 1.80. The predicted molar refractivity (Wildman–Crippen MR) is 109 cm³/mol. The van der Waals surface area contributed by atoms with E-state index in [0.717, 1.165) is 37.6 Å². The first-order valence-electron chi connectivity index (χ1n) is 10.2. The maximum Gasteiger partial charge on any atom is 0.126 e. The number of likely N-dealkylation sites (N-methyl/N-ethyl adjacent to an activating group) is 1. The van der Waals surface area contributed by atoms with Crippen LogP contribution in [0.2, 0.25) is 0 Å². The van der Waals surface area contributed by atoms with Crippen LogP contribution in [0.5, 0.6) is 0 Å².